The van der Waals surface area contributed by atoms with E-state index < -0.39 is 11.6 Å². The van der Waals surface area contributed by atoms with Gasteiger partial charge in [0.05, 0.1) is 5.56 Å². The molecule has 0 saturated carbocycles. The van der Waals surface area contributed by atoms with E-state index in [1.807, 2.05) is 20.8 Å². The van der Waals surface area contributed by atoms with Crippen molar-refractivity contribution in [2.24, 2.45) is 0 Å². The highest BCUT2D eigenvalue weighted by Crippen LogP contribution is 2.31. The van der Waals surface area contributed by atoms with Crippen molar-refractivity contribution in [3.8, 4) is 0 Å². The van der Waals surface area contributed by atoms with Gasteiger partial charge in [-0.15, -0.1) is 0 Å². The summed E-state index contributed by atoms with van der Waals surface area (Å²) in [6.07, 6.45) is 0.288. The molecule has 2 amide bonds. The maximum Gasteiger partial charge on any atom is 0.257 e. The van der Waals surface area contributed by atoms with Gasteiger partial charge >= 0.3 is 0 Å². The highest BCUT2D eigenvalue weighted by Gasteiger charge is 2.35. The summed E-state index contributed by atoms with van der Waals surface area (Å²) >= 11 is 0. The fourth-order valence-electron chi connectivity index (χ4n) is 4.08. The Labute approximate surface area is 162 Å². The second-order valence-electron chi connectivity index (χ2n) is 7.89. The molecule has 4 rings (SSSR count). The summed E-state index contributed by atoms with van der Waals surface area (Å²) in [5, 5.41) is 0. The van der Waals surface area contributed by atoms with Crippen molar-refractivity contribution < 1.29 is 18.4 Å². The normalized spacial score (nSPS) is 16.8. The molecule has 2 heterocycles. The molecule has 0 aromatic heterocycles. The lowest BCUT2D eigenvalue weighted by Crippen LogP contribution is -2.35. The third-order valence-corrected chi connectivity index (χ3v) is 5.70. The number of benzene rings is 2. The van der Waals surface area contributed by atoms with Gasteiger partial charge in [0.1, 0.15) is 11.6 Å². The Morgan fingerprint density at radius 3 is 2.32 bits per heavy atom. The second-order valence-corrected chi connectivity index (χ2v) is 7.89. The zero-order chi connectivity index (χ0) is 20.2. The van der Waals surface area contributed by atoms with E-state index in [1.54, 1.807) is 28.0 Å². The molecule has 0 bridgehead atoms. The Morgan fingerprint density at radius 1 is 0.929 bits per heavy atom. The number of hydrogen-bond donors (Lipinski definition) is 0. The average molecular weight is 384 g/mol. The molecule has 1 atom stereocenters. The molecule has 146 valence electrons. The first kappa shape index (κ1) is 18.6. The lowest BCUT2D eigenvalue weighted by Gasteiger charge is -2.24. The molecule has 0 radical (unpaired) electrons. The van der Waals surface area contributed by atoms with Crippen LogP contribution in [0.4, 0.5) is 8.78 Å². The van der Waals surface area contributed by atoms with Crippen LogP contribution in [0.5, 0.6) is 0 Å². The largest absolute Gasteiger partial charge is 0.332 e. The highest BCUT2D eigenvalue weighted by molar-refractivity contribution is 5.99. The molecule has 0 N–H and O–H groups in total. The summed E-state index contributed by atoms with van der Waals surface area (Å²) in [5.41, 5.74) is 2.41. The van der Waals surface area contributed by atoms with E-state index in [0.717, 1.165) is 5.56 Å². The highest BCUT2D eigenvalue weighted by atomic mass is 19.1. The molecule has 0 spiro atoms. The van der Waals surface area contributed by atoms with Gasteiger partial charge in [0.15, 0.2) is 0 Å². The molecule has 4 nitrogen and oxygen atoms in total. The van der Waals surface area contributed by atoms with Crippen molar-refractivity contribution in [1.29, 1.82) is 0 Å². The third-order valence-electron chi connectivity index (χ3n) is 5.70. The zero-order valence-electron chi connectivity index (χ0n) is 16.1. The van der Waals surface area contributed by atoms with E-state index in [1.165, 1.54) is 12.1 Å². The van der Waals surface area contributed by atoms with Crippen LogP contribution in [0.1, 0.15) is 58.2 Å². The van der Waals surface area contributed by atoms with Gasteiger partial charge in [0.25, 0.3) is 11.8 Å². The predicted molar refractivity (Wildman–Crippen MR) is 101 cm³/mol. The minimum atomic E-state index is -0.493. The van der Waals surface area contributed by atoms with Gasteiger partial charge in [-0.25, -0.2) is 8.78 Å². The van der Waals surface area contributed by atoms with E-state index >= 15 is 4.39 Å². The Morgan fingerprint density at radius 2 is 1.61 bits per heavy atom. The molecular weight excluding hydrogens is 362 g/mol. The van der Waals surface area contributed by atoms with Crippen LogP contribution in [-0.4, -0.2) is 33.7 Å². The SMILES string of the molecule is CC(C)N1Cc2ccc(CC(C)N3Cc4ccc(F)cc4C3=O)c(F)c2C1=O. The van der Waals surface area contributed by atoms with E-state index in [0.29, 0.717) is 29.8 Å². The van der Waals surface area contributed by atoms with Crippen LogP contribution in [0.25, 0.3) is 0 Å². The summed E-state index contributed by atoms with van der Waals surface area (Å²) in [4.78, 5) is 28.5. The molecule has 6 heteroatoms. The minimum Gasteiger partial charge on any atom is -0.332 e. The average Bonchev–Trinajstić information content (AvgIpc) is 3.15. The van der Waals surface area contributed by atoms with E-state index in [-0.39, 0.29) is 35.9 Å². The number of hydrogen-bond acceptors (Lipinski definition) is 2. The predicted octanol–water partition coefficient (Wildman–Crippen LogP) is 3.92. The summed E-state index contributed by atoms with van der Waals surface area (Å²) in [6.45, 7) is 6.45. The van der Waals surface area contributed by atoms with Crippen LogP contribution in [-0.2, 0) is 19.5 Å². The van der Waals surface area contributed by atoms with Gasteiger partial charge < -0.3 is 9.80 Å². The molecule has 2 aromatic carbocycles. The van der Waals surface area contributed by atoms with Gasteiger partial charge in [-0.3, -0.25) is 9.59 Å². The van der Waals surface area contributed by atoms with Crippen LogP contribution >= 0.6 is 0 Å². The number of carbonyl (C=O) groups excluding carboxylic acids is 2. The maximum absolute atomic E-state index is 15.1. The summed E-state index contributed by atoms with van der Waals surface area (Å²) in [5.74, 6) is -1.46. The molecule has 0 fully saturated rings. The number of rotatable bonds is 4. The Bertz CT molecular complexity index is 987. The van der Waals surface area contributed by atoms with E-state index in [2.05, 4.69) is 0 Å². The number of amides is 2. The van der Waals surface area contributed by atoms with Crippen molar-refractivity contribution >= 4 is 11.8 Å². The Hall–Kier alpha value is -2.76. The molecule has 2 aliphatic rings. The van der Waals surface area contributed by atoms with Crippen molar-refractivity contribution in [2.45, 2.75) is 52.4 Å². The quantitative estimate of drug-likeness (QED) is 0.802. The summed E-state index contributed by atoms with van der Waals surface area (Å²) < 4.78 is 28.6. The molecule has 0 aliphatic carbocycles. The first-order valence-electron chi connectivity index (χ1n) is 9.48. The van der Waals surface area contributed by atoms with E-state index in [4.69, 9.17) is 0 Å². The number of fused-ring (bicyclic) bond motifs is 2. The van der Waals surface area contributed by atoms with Crippen molar-refractivity contribution in [1.82, 2.24) is 9.80 Å². The maximum atomic E-state index is 15.1. The lowest BCUT2D eigenvalue weighted by atomic mass is 9.99. The smallest absolute Gasteiger partial charge is 0.257 e. The van der Waals surface area contributed by atoms with Crippen LogP contribution in [0, 0.1) is 11.6 Å². The molecule has 2 aliphatic heterocycles. The van der Waals surface area contributed by atoms with Gasteiger partial charge in [-0.1, -0.05) is 18.2 Å². The fraction of sp³-hybridized carbons (Fsp3) is 0.364. The number of carbonyl (C=O) groups is 2. The minimum absolute atomic E-state index is 0.00259. The third kappa shape index (κ3) is 2.87. The zero-order valence-corrected chi connectivity index (χ0v) is 16.1. The molecular formula is C22H22F2N2O2. The number of halogens is 2. The van der Waals surface area contributed by atoms with Gasteiger partial charge in [0, 0.05) is 30.7 Å². The van der Waals surface area contributed by atoms with Crippen molar-refractivity contribution in [3.63, 3.8) is 0 Å². The molecule has 1 unspecified atom stereocenters. The molecule has 2 aromatic rings. The van der Waals surface area contributed by atoms with Crippen LogP contribution in [0.15, 0.2) is 30.3 Å². The van der Waals surface area contributed by atoms with Gasteiger partial charge in [-0.2, -0.15) is 0 Å². The first-order chi connectivity index (χ1) is 13.3. The van der Waals surface area contributed by atoms with Gasteiger partial charge in [-0.05, 0) is 56.0 Å². The summed E-state index contributed by atoms with van der Waals surface area (Å²) in [6, 6.07) is 7.43. The van der Waals surface area contributed by atoms with Gasteiger partial charge in [0.2, 0.25) is 0 Å². The summed E-state index contributed by atoms with van der Waals surface area (Å²) in [7, 11) is 0. The van der Waals surface area contributed by atoms with Crippen molar-refractivity contribution in [2.75, 3.05) is 0 Å². The molecule has 28 heavy (non-hydrogen) atoms. The van der Waals surface area contributed by atoms with Crippen LogP contribution in [0.2, 0.25) is 0 Å². The second kappa shape index (κ2) is 6.69. The topological polar surface area (TPSA) is 40.6 Å². The monoisotopic (exact) mass is 384 g/mol. The van der Waals surface area contributed by atoms with Crippen LogP contribution < -0.4 is 0 Å². The lowest BCUT2D eigenvalue weighted by molar-refractivity contribution is 0.0708. The Balaban J connectivity index is 1.57. The standard InChI is InChI=1S/C22H22F2N2O2/c1-12(2)25-11-16-5-4-14(20(24)19(16)22(25)28)8-13(3)26-10-15-6-7-17(23)9-18(15)21(26)27/h4-7,9,12-13H,8,10-11H2,1-3H3. The first-order valence-corrected chi connectivity index (χ1v) is 9.48. The Kier molecular flexibility index (Phi) is 4.44. The fourth-order valence-corrected chi connectivity index (χ4v) is 4.08. The van der Waals surface area contributed by atoms with E-state index in [9.17, 15) is 14.0 Å². The van der Waals surface area contributed by atoms with Crippen molar-refractivity contribution in [3.05, 3.63) is 69.8 Å². The number of nitrogens with zero attached hydrogens (tertiary/aromatic N) is 2. The van der Waals surface area contributed by atoms with Crippen LogP contribution in [0.3, 0.4) is 0 Å². The molecule has 0 saturated heterocycles.